The maximum Gasteiger partial charge on any atom is 0.406 e. The van der Waals surface area contributed by atoms with Gasteiger partial charge in [0.2, 0.25) is 0 Å². The molecule has 5 heteroatoms. The minimum atomic E-state index is -3.43. The Morgan fingerprint density at radius 2 is 1.17 bits per heavy atom. The first-order chi connectivity index (χ1) is 13.3. The summed E-state index contributed by atoms with van der Waals surface area (Å²) in [5.41, 5.74) is -0.337. The summed E-state index contributed by atoms with van der Waals surface area (Å²) in [7, 11) is -3.43. The largest absolute Gasteiger partial charge is 0.406 e. The lowest BCUT2D eigenvalue weighted by atomic mass is 9.75. The molecule has 2 saturated carbocycles. The van der Waals surface area contributed by atoms with Crippen molar-refractivity contribution in [2.45, 2.75) is 119 Å². The van der Waals surface area contributed by atoms with Crippen LogP contribution in [0.2, 0.25) is 0 Å². The fraction of sp³-hybridized carbons (Fsp3) is 1.00. The van der Waals surface area contributed by atoms with Crippen LogP contribution >= 0.6 is 7.75 Å². The molecular formula is C24H48NO3P. The standard InChI is InChI=1S/C24H48NO3P/c1-16(2)20-12-10-18(5)14-22(20)27-29(26,25-24(7,8)9)28-23-15-19(6)11-13-21(23)17(3)4/h16-23H,10-15H2,1-9H3,(H,25,26)/t18-,19+,20-,21-,22-,23-,29?/m1/s1. The Kier molecular flexibility index (Phi) is 8.88. The van der Waals surface area contributed by atoms with E-state index in [-0.39, 0.29) is 17.7 Å². The Hall–Kier alpha value is 0.110. The molecule has 1 N–H and O–H groups in total. The minimum absolute atomic E-state index is 0.00190. The van der Waals surface area contributed by atoms with Gasteiger partial charge in [-0.15, -0.1) is 0 Å². The van der Waals surface area contributed by atoms with Crippen LogP contribution in [0.15, 0.2) is 0 Å². The zero-order chi connectivity index (χ0) is 22.0. The molecule has 1 unspecified atom stereocenters. The Labute approximate surface area is 180 Å². The van der Waals surface area contributed by atoms with Crippen molar-refractivity contribution in [1.82, 2.24) is 5.09 Å². The fourth-order valence-electron chi connectivity index (χ4n) is 5.32. The SMILES string of the molecule is CC(C)[C@H]1CC[C@@H](C)C[C@H]1OP(=O)(NC(C)(C)C)O[C@@H]1C[C@@H](C)CC[C@@H]1C(C)C. The molecule has 0 radical (unpaired) electrons. The molecule has 7 atom stereocenters. The highest BCUT2D eigenvalue weighted by Crippen LogP contribution is 2.54. The van der Waals surface area contributed by atoms with Gasteiger partial charge in [0.15, 0.2) is 0 Å². The van der Waals surface area contributed by atoms with E-state index < -0.39 is 7.75 Å². The molecule has 2 aliphatic carbocycles. The molecular weight excluding hydrogens is 381 g/mol. The molecule has 0 aliphatic heterocycles. The van der Waals surface area contributed by atoms with E-state index in [9.17, 15) is 4.57 Å². The summed E-state index contributed by atoms with van der Waals surface area (Å²) in [4.78, 5) is 0. The molecule has 29 heavy (non-hydrogen) atoms. The summed E-state index contributed by atoms with van der Waals surface area (Å²) in [5.74, 6) is 3.14. The van der Waals surface area contributed by atoms with Gasteiger partial charge in [-0.25, -0.2) is 9.65 Å². The number of rotatable bonds is 7. The summed E-state index contributed by atoms with van der Waals surface area (Å²) >= 11 is 0. The Bertz CT molecular complexity index is 519. The van der Waals surface area contributed by atoms with E-state index in [0.717, 1.165) is 25.7 Å². The van der Waals surface area contributed by atoms with E-state index in [1.807, 2.05) is 20.8 Å². The number of hydrogen-bond donors (Lipinski definition) is 1. The molecule has 0 bridgehead atoms. The van der Waals surface area contributed by atoms with Crippen molar-refractivity contribution >= 4 is 7.75 Å². The Balaban J connectivity index is 2.25. The minimum Gasteiger partial charge on any atom is -0.293 e. The summed E-state index contributed by atoms with van der Waals surface area (Å²) in [6, 6.07) is 0. The average molecular weight is 430 g/mol. The summed E-state index contributed by atoms with van der Waals surface area (Å²) in [5, 5.41) is 3.29. The van der Waals surface area contributed by atoms with Gasteiger partial charge >= 0.3 is 7.75 Å². The van der Waals surface area contributed by atoms with Crippen molar-refractivity contribution in [1.29, 1.82) is 0 Å². The zero-order valence-electron chi connectivity index (χ0n) is 20.5. The smallest absolute Gasteiger partial charge is 0.293 e. The van der Waals surface area contributed by atoms with Gasteiger partial charge in [-0.1, -0.05) is 54.4 Å². The van der Waals surface area contributed by atoms with Crippen molar-refractivity contribution < 1.29 is 13.6 Å². The van der Waals surface area contributed by atoms with Crippen LogP contribution in [0, 0.1) is 35.5 Å². The van der Waals surface area contributed by atoms with Crippen molar-refractivity contribution in [3.63, 3.8) is 0 Å². The number of nitrogens with one attached hydrogen (secondary N) is 1. The van der Waals surface area contributed by atoms with Crippen LogP contribution in [0.5, 0.6) is 0 Å². The van der Waals surface area contributed by atoms with E-state index in [1.165, 1.54) is 12.8 Å². The van der Waals surface area contributed by atoms with E-state index in [2.05, 4.69) is 46.6 Å². The molecule has 0 aromatic carbocycles. The van der Waals surface area contributed by atoms with Crippen LogP contribution in [0.25, 0.3) is 0 Å². The van der Waals surface area contributed by atoms with Crippen LogP contribution in [0.3, 0.4) is 0 Å². The summed E-state index contributed by atoms with van der Waals surface area (Å²) < 4.78 is 27.1. The third-order valence-corrected chi connectivity index (χ3v) is 8.98. The molecule has 4 nitrogen and oxygen atoms in total. The second-order valence-corrected chi connectivity index (χ2v) is 13.4. The first-order valence-corrected chi connectivity index (χ1v) is 13.6. The molecule has 0 spiro atoms. The maximum atomic E-state index is 14.2. The van der Waals surface area contributed by atoms with Gasteiger partial charge in [0.1, 0.15) is 0 Å². The van der Waals surface area contributed by atoms with Gasteiger partial charge < -0.3 is 0 Å². The molecule has 0 saturated heterocycles. The van der Waals surface area contributed by atoms with Gasteiger partial charge in [0.25, 0.3) is 0 Å². The highest BCUT2D eigenvalue weighted by molar-refractivity contribution is 7.51. The summed E-state index contributed by atoms with van der Waals surface area (Å²) in [6.07, 6.45) is 6.69. The van der Waals surface area contributed by atoms with Crippen LogP contribution in [0.4, 0.5) is 0 Å². The van der Waals surface area contributed by atoms with E-state index in [1.54, 1.807) is 0 Å². The third-order valence-electron chi connectivity index (χ3n) is 6.94. The average Bonchev–Trinajstić information content (AvgIpc) is 2.51. The zero-order valence-corrected chi connectivity index (χ0v) is 21.4. The lowest BCUT2D eigenvalue weighted by molar-refractivity contribution is -0.00819. The van der Waals surface area contributed by atoms with Crippen LogP contribution in [-0.4, -0.2) is 17.7 Å². The first kappa shape index (κ1) is 25.4. The second kappa shape index (κ2) is 10.2. The molecule has 0 heterocycles. The maximum absolute atomic E-state index is 14.2. The monoisotopic (exact) mass is 429 g/mol. The van der Waals surface area contributed by atoms with Gasteiger partial charge in [-0.2, -0.15) is 0 Å². The molecule has 172 valence electrons. The molecule has 0 aromatic rings. The Morgan fingerprint density at radius 1 is 0.793 bits per heavy atom. The topological polar surface area (TPSA) is 47.6 Å². The van der Waals surface area contributed by atoms with E-state index in [4.69, 9.17) is 9.05 Å². The van der Waals surface area contributed by atoms with Gasteiger partial charge in [-0.3, -0.25) is 9.05 Å². The quantitative estimate of drug-likeness (QED) is 0.427. The van der Waals surface area contributed by atoms with Crippen LogP contribution < -0.4 is 5.09 Å². The highest BCUT2D eigenvalue weighted by atomic mass is 31.2. The van der Waals surface area contributed by atoms with E-state index >= 15 is 0 Å². The van der Waals surface area contributed by atoms with E-state index in [0.29, 0.717) is 35.5 Å². The van der Waals surface area contributed by atoms with Gasteiger partial charge in [0.05, 0.1) is 12.2 Å². The fourth-order valence-corrected chi connectivity index (χ4v) is 7.49. The molecule has 0 aromatic heterocycles. The molecule has 2 fully saturated rings. The van der Waals surface area contributed by atoms with Crippen molar-refractivity contribution in [2.24, 2.45) is 35.5 Å². The third kappa shape index (κ3) is 7.63. The lowest BCUT2D eigenvalue weighted by Gasteiger charge is -2.42. The second-order valence-electron chi connectivity index (χ2n) is 11.8. The van der Waals surface area contributed by atoms with Crippen molar-refractivity contribution in [2.75, 3.05) is 0 Å². The molecule has 0 amide bonds. The van der Waals surface area contributed by atoms with Crippen LogP contribution in [0.1, 0.15) is 101 Å². The predicted molar refractivity (Wildman–Crippen MR) is 123 cm³/mol. The first-order valence-electron chi connectivity index (χ1n) is 12.1. The normalized spacial score (nSPS) is 36.4. The highest BCUT2D eigenvalue weighted by Gasteiger charge is 2.43. The van der Waals surface area contributed by atoms with Crippen molar-refractivity contribution in [3.05, 3.63) is 0 Å². The molecule has 2 rings (SSSR count). The summed E-state index contributed by atoms with van der Waals surface area (Å²) in [6.45, 7) is 19.7. The lowest BCUT2D eigenvalue weighted by Crippen LogP contribution is -2.42. The molecule has 2 aliphatic rings. The van der Waals surface area contributed by atoms with Crippen LogP contribution in [-0.2, 0) is 13.6 Å². The van der Waals surface area contributed by atoms with Gasteiger partial charge in [0, 0.05) is 5.54 Å². The van der Waals surface area contributed by atoms with Gasteiger partial charge in [-0.05, 0) is 82.0 Å². The Morgan fingerprint density at radius 3 is 1.48 bits per heavy atom. The van der Waals surface area contributed by atoms with Crippen molar-refractivity contribution in [3.8, 4) is 0 Å². The predicted octanol–water partition coefficient (Wildman–Crippen LogP) is 7.44. The number of hydrogen-bond acceptors (Lipinski definition) is 3.